The first-order valence-corrected chi connectivity index (χ1v) is 7.02. The van der Waals surface area contributed by atoms with Crippen molar-refractivity contribution in [3.05, 3.63) is 30.3 Å². The van der Waals surface area contributed by atoms with Crippen LogP contribution in [0.4, 0.5) is 4.39 Å². The van der Waals surface area contributed by atoms with Gasteiger partial charge in [0.15, 0.2) is 0 Å². The third-order valence-corrected chi connectivity index (χ3v) is 3.53. The molecule has 1 aromatic carbocycles. The summed E-state index contributed by atoms with van der Waals surface area (Å²) in [7, 11) is 0. The summed E-state index contributed by atoms with van der Waals surface area (Å²) in [4.78, 5) is 12.0. The Hall–Kier alpha value is -1.62. The Kier molecular flexibility index (Phi) is 4.95. The van der Waals surface area contributed by atoms with Gasteiger partial charge < -0.3 is 15.4 Å². The molecule has 1 aliphatic heterocycles. The molecule has 0 saturated carbocycles. The van der Waals surface area contributed by atoms with Crippen LogP contribution in [0.25, 0.3) is 0 Å². The van der Waals surface area contributed by atoms with Gasteiger partial charge in [-0.3, -0.25) is 4.79 Å². The summed E-state index contributed by atoms with van der Waals surface area (Å²) < 4.78 is 19.9. The molecule has 1 amide bonds. The predicted molar refractivity (Wildman–Crippen MR) is 75.5 cm³/mol. The fourth-order valence-corrected chi connectivity index (χ4v) is 2.15. The Labute approximate surface area is 118 Å². The number of amides is 1. The smallest absolute Gasteiger partial charge is 0.259 e. The van der Waals surface area contributed by atoms with E-state index in [9.17, 15) is 9.18 Å². The maximum atomic E-state index is 14.3. The Bertz CT molecular complexity index is 433. The standard InChI is InChI=1S/C15H21FN2O2/c1-2-12(10-20-13-6-4-3-5-7-13)18-14(19)15(16)8-9-17-11-15/h3-7,12,17H,2,8-11H2,1H3,(H,18,19)/t12-,15+/m0/s1. The minimum absolute atomic E-state index is 0.0921. The molecule has 110 valence electrons. The van der Waals surface area contributed by atoms with Crippen molar-refractivity contribution >= 4 is 5.91 Å². The lowest BCUT2D eigenvalue weighted by atomic mass is 10.0. The van der Waals surface area contributed by atoms with Crippen LogP contribution in [0.2, 0.25) is 0 Å². The van der Waals surface area contributed by atoms with Crippen LogP contribution in [0.5, 0.6) is 5.75 Å². The normalized spacial score (nSPS) is 23.3. The van der Waals surface area contributed by atoms with Crippen LogP contribution in [0, 0.1) is 0 Å². The van der Waals surface area contributed by atoms with E-state index in [0.717, 1.165) is 5.75 Å². The molecular weight excluding hydrogens is 259 g/mol. The number of carbonyl (C=O) groups is 1. The van der Waals surface area contributed by atoms with Crippen LogP contribution in [0.15, 0.2) is 30.3 Å². The zero-order valence-electron chi connectivity index (χ0n) is 11.7. The summed E-state index contributed by atoms with van der Waals surface area (Å²) >= 11 is 0. The molecule has 1 saturated heterocycles. The molecule has 0 aromatic heterocycles. The molecule has 1 aromatic rings. The number of hydrogen-bond donors (Lipinski definition) is 2. The van der Waals surface area contributed by atoms with E-state index < -0.39 is 11.6 Å². The third-order valence-electron chi connectivity index (χ3n) is 3.53. The molecular formula is C15H21FN2O2. The molecule has 0 spiro atoms. The lowest BCUT2D eigenvalue weighted by Crippen LogP contribution is -2.50. The van der Waals surface area contributed by atoms with E-state index in [2.05, 4.69) is 10.6 Å². The van der Waals surface area contributed by atoms with Gasteiger partial charge in [-0.25, -0.2) is 4.39 Å². The highest BCUT2D eigenvalue weighted by Crippen LogP contribution is 2.20. The number of benzene rings is 1. The second-order valence-electron chi connectivity index (χ2n) is 5.09. The number of nitrogens with one attached hydrogen (secondary N) is 2. The SMILES string of the molecule is CC[C@@H](COc1ccccc1)NC(=O)[C@@]1(F)CCNC1. The lowest BCUT2D eigenvalue weighted by Gasteiger charge is -2.23. The maximum absolute atomic E-state index is 14.3. The van der Waals surface area contributed by atoms with Crippen LogP contribution >= 0.6 is 0 Å². The van der Waals surface area contributed by atoms with Gasteiger partial charge in [0.2, 0.25) is 5.67 Å². The van der Waals surface area contributed by atoms with Gasteiger partial charge in [0.05, 0.1) is 6.04 Å². The van der Waals surface area contributed by atoms with E-state index in [1.54, 1.807) is 0 Å². The fourth-order valence-electron chi connectivity index (χ4n) is 2.15. The highest BCUT2D eigenvalue weighted by Gasteiger charge is 2.42. The average molecular weight is 280 g/mol. The van der Waals surface area contributed by atoms with Crippen molar-refractivity contribution in [3.8, 4) is 5.75 Å². The Balaban J connectivity index is 1.84. The van der Waals surface area contributed by atoms with Crippen molar-refractivity contribution in [1.82, 2.24) is 10.6 Å². The van der Waals surface area contributed by atoms with Crippen molar-refractivity contribution in [3.63, 3.8) is 0 Å². The van der Waals surface area contributed by atoms with Crippen LogP contribution in [0.3, 0.4) is 0 Å². The van der Waals surface area contributed by atoms with Gasteiger partial charge in [0.1, 0.15) is 12.4 Å². The van der Waals surface area contributed by atoms with Gasteiger partial charge in [-0.2, -0.15) is 0 Å². The van der Waals surface area contributed by atoms with Crippen LogP contribution < -0.4 is 15.4 Å². The monoisotopic (exact) mass is 280 g/mol. The van der Waals surface area contributed by atoms with Gasteiger partial charge in [0.25, 0.3) is 5.91 Å². The number of alkyl halides is 1. The number of rotatable bonds is 6. The van der Waals surface area contributed by atoms with Gasteiger partial charge in [-0.1, -0.05) is 25.1 Å². The quantitative estimate of drug-likeness (QED) is 0.833. The summed E-state index contributed by atoms with van der Waals surface area (Å²) in [5.41, 5.74) is -1.78. The second kappa shape index (κ2) is 6.70. The average Bonchev–Trinajstić information content (AvgIpc) is 2.92. The molecule has 0 bridgehead atoms. The second-order valence-corrected chi connectivity index (χ2v) is 5.09. The molecule has 0 radical (unpaired) electrons. The maximum Gasteiger partial charge on any atom is 0.259 e. The zero-order chi connectivity index (χ0) is 14.4. The Morgan fingerprint density at radius 3 is 2.85 bits per heavy atom. The largest absolute Gasteiger partial charge is 0.491 e. The highest BCUT2D eigenvalue weighted by atomic mass is 19.1. The fraction of sp³-hybridized carbons (Fsp3) is 0.533. The topological polar surface area (TPSA) is 50.4 Å². The van der Waals surface area contributed by atoms with E-state index in [1.807, 2.05) is 37.3 Å². The van der Waals surface area contributed by atoms with Crippen molar-refractivity contribution in [2.24, 2.45) is 0 Å². The molecule has 1 heterocycles. The van der Waals surface area contributed by atoms with Crippen LogP contribution in [-0.2, 0) is 4.79 Å². The first-order valence-electron chi connectivity index (χ1n) is 7.02. The van der Waals surface area contributed by atoms with E-state index in [4.69, 9.17) is 4.74 Å². The molecule has 2 atom stereocenters. The predicted octanol–water partition coefficient (Wildman–Crippen LogP) is 1.66. The number of hydrogen-bond acceptors (Lipinski definition) is 3. The van der Waals surface area contributed by atoms with Gasteiger partial charge in [-0.05, 0) is 25.1 Å². The molecule has 5 heteroatoms. The first kappa shape index (κ1) is 14.8. The zero-order valence-corrected chi connectivity index (χ0v) is 11.7. The minimum atomic E-state index is -1.78. The number of halogens is 1. The molecule has 20 heavy (non-hydrogen) atoms. The molecule has 2 rings (SSSR count). The van der Waals surface area contributed by atoms with Crippen LogP contribution in [0.1, 0.15) is 19.8 Å². The number of ether oxygens (including phenoxy) is 1. The number of carbonyl (C=O) groups excluding carboxylic acids is 1. The molecule has 1 fully saturated rings. The summed E-state index contributed by atoms with van der Waals surface area (Å²) in [6.45, 7) is 2.92. The van der Waals surface area contributed by atoms with Crippen molar-refractivity contribution in [1.29, 1.82) is 0 Å². The van der Waals surface area contributed by atoms with Crippen LogP contribution in [-0.4, -0.2) is 37.3 Å². The van der Waals surface area contributed by atoms with Crippen molar-refractivity contribution in [2.75, 3.05) is 19.7 Å². The van der Waals surface area contributed by atoms with Gasteiger partial charge >= 0.3 is 0 Å². The van der Waals surface area contributed by atoms with E-state index >= 15 is 0 Å². The lowest BCUT2D eigenvalue weighted by molar-refractivity contribution is -0.132. The molecule has 4 nitrogen and oxygen atoms in total. The van der Waals surface area contributed by atoms with Crippen molar-refractivity contribution in [2.45, 2.75) is 31.5 Å². The third kappa shape index (κ3) is 3.70. The Morgan fingerprint density at radius 1 is 1.50 bits per heavy atom. The van der Waals surface area contributed by atoms with Gasteiger partial charge in [-0.15, -0.1) is 0 Å². The van der Waals surface area contributed by atoms with E-state index in [0.29, 0.717) is 19.6 Å². The summed E-state index contributed by atoms with van der Waals surface area (Å²) in [5, 5.41) is 5.62. The number of para-hydroxylation sites is 1. The molecule has 0 unspecified atom stereocenters. The molecule has 2 N–H and O–H groups in total. The van der Waals surface area contributed by atoms with E-state index in [-0.39, 0.29) is 19.0 Å². The van der Waals surface area contributed by atoms with Gasteiger partial charge in [0, 0.05) is 13.0 Å². The summed E-state index contributed by atoms with van der Waals surface area (Å²) in [5.74, 6) is 0.212. The summed E-state index contributed by atoms with van der Waals surface area (Å²) in [6, 6.07) is 9.20. The summed E-state index contributed by atoms with van der Waals surface area (Å²) in [6.07, 6.45) is 0.927. The molecule has 0 aliphatic carbocycles. The Morgan fingerprint density at radius 2 is 2.25 bits per heavy atom. The first-order chi connectivity index (χ1) is 9.64. The van der Waals surface area contributed by atoms with E-state index in [1.165, 1.54) is 0 Å². The minimum Gasteiger partial charge on any atom is -0.491 e. The van der Waals surface area contributed by atoms with Crippen molar-refractivity contribution < 1.29 is 13.9 Å². The molecule has 1 aliphatic rings. The highest BCUT2D eigenvalue weighted by molar-refractivity contribution is 5.86.